The van der Waals surface area contributed by atoms with Crippen LogP contribution in [0.5, 0.6) is 0 Å². The molecule has 1 atom stereocenters. The van der Waals surface area contributed by atoms with Crippen LogP contribution in [0, 0.1) is 0 Å². The van der Waals surface area contributed by atoms with Gasteiger partial charge in [-0.3, -0.25) is 4.79 Å². The summed E-state index contributed by atoms with van der Waals surface area (Å²) in [6.07, 6.45) is 0.650. The number of aliphatic hydroxyl groups is 1. The first-order valence-corrected chi connectivity index (χ1v) is 5.50. The Morgan fingerprint density at radius 3 is 2.39 bits per heavy atom. The first kappa shape index (κ1) is 14.0. The van der Waals surface area contributed by atoms with Gasteiger partial charge in [0.1, 0.15) is 6.04 Å². The lowest BCUT2D eigenvalue weighted by Crippen LogP contribution is -2.43. The molecule has 1 amide bonds. The van der Waals surface area contributed by atoms with E-state index in [0.29, 0.717) is 12.1 Å². The molecule has 0 radical (unpaired) electrons. The second-order valence-electron chi connectivity index (χ2n) is 3.88. The third-order valence-corrected chi connectivity index (χ3v) is 2.44. The molecule has 0 unspecified atom stereocenters. The number of aliphatic hydroxyl groups excluding tert-OH is 1. The molecule has 0 aliphatic rings. The van der Waals surface area contributed by atoms with Crippen LogP contribution >= 0.6 is 0 Å². The van der Waals surface area contributed by atoms with E-state index in [-0.39, 0.29) is 6.42 Å². The van der Waals surface area contributed by atoms with Crippen LogP contribution in [0.2, 0.25) is 0 Å². The van der Waals surface area contributed by atoms with Crippen molar-refractivity contribution >= 4 is 17.6 Å². The number of anilines is 1. The van der Waals surface area contributed by atoms with E-state index in [0.717, 1.165) is 5.56 Å². The molecule has 0 saturated carbocycles. The number of aliphatic carboxylic acids is 1. The van der Waals surface area contributed by atoms with Crippen molar-refractivity contribution in [2.75, 3.05) is 12.3 Å². The number of aryl methyl sites for hydroxylation is 1. The van der Waals surface area contributed by atoms with Gasteiger partial charge in [-0.15, -0.1) is 0 Å². The molecule has 0 bridgehead atoms. The Morgan fingerprint density at radius 2 is 1.89 bits per heavy atom. The molecule has 0 heterocycles. The first-order valence-electron chi connectivity index (χ1n) is 5.50. The predicted molar refractivity (Wildman–Crippen MR) is 65.8 cm³/mol. The molecular weight excluding hydrogens is 236 g/mol. The molecule has 6 heteroatoms. The molecule has 1 aromatic rings. The lowest BCUT2D eigenvalue weighted by molar-refractivity contribution is -0.142. The molecule has 0 aromatic heterocycles. The summed E-state index contributed by atoms with van der Waals surface area (Å²) in [7, 11) is 0. The van der Waals surface area contributed by atoms with Crippen LogP contribution in [0.1, 0.15) is 12.0 Å². The molecule has 0 spiro atoms. The summed E-state index contributed by atoms with van der Waals surface area (Å²) >= 11 is 0. The Kier molecular flexibility index (Phi) is 5.13. The van der Waals surface area contributed by atoms with Gasteiger partial charge in [0.2, 0.25) is 5.91 Å². The summed E-state index contributed by atoms with van der Waals surface area (Å²) < 4.78 is 0. The number of carbonyl (C=O) groups is 2. The molecule has 18 heavy (non-hydrogen) atoms. The summed E-state index contributed by atoms with van der Waals surface area (Å²) in [6.45, 7) is -0.622. The van der Waals surface area contributed by atoms with Gasteiger partial charge in [0.25, 0.3) is 0 Å². The van der Waals surface area contributed by atoms with E-state index in [1.807, 2.05) is 12.1 Å². The minimum absolute atomic E-state index is 0.160. The lowest BCUT2D eigenvalue weighted by atomic mass is 10.1. The summed E-state index contributed by atoms with van der Waals surface area (Å²) in [4.78, 5) is 22.0. The van der Waals surface area contributed by atoms with Crippen LogP contribution in [0.4, 0.5) is 5.69 Å². The molecule has 98 valence electrons. The zero-order valence-corrected chi connectivity index (χ0v) is 9.80. The Morgan fingerprint density at radius 1 is 1.28 bits per heavy atom. The summed E-state index contributed by atoms with van der Waals surface area (Å²) in [5.74, 6) is -1.66. The summed E-state index contributed by atoms with van der Waals surface area (Å²) in [6, 6.07) is 5.85. The van der Waals surface area contributed by atoms with Crippen molar-refractivity contribution in [2.24, 2.45) is 0 Å². The lowest BCUT2D eigenvalue weighted by Gasteiger charge is -2.11. The normalized spacial score (nSPS) is 11.8. The highest BCUT2D eigenvalue weighted by molar-refractivity contribution is 5.83. The molecule has 6 nitrogen and oxygen atoms in total. The van der Waals surface area contributed by atoms with Gasteiger partial charge in [0.05, 0.1) is 6.61 Å². The van der Waals surface area contributed by atoms with Crippen molar-refractivity contribution in [2.45, 2.75) is 18.9 Å². The SMILES string of the molecule is Nc1ccc(CCC(=O)N[C@H](CO)C(=O)O)cc1. The van der Waals surface area contributed by atoms with Gasteiger partial charge in [-0.05, 0) is 24.1 Å². The smallest absolute Gasteiger partial charge is 0.328 e. The highest BCUT2D eigenvalue weighted by atomic mass is 16.4. The van der Waals surface area contributed by atoms with Crippen molar-refractivity contribution in [3.05, 3.63) is 29.8 Å². The number of nitrogens with two attached hydrogens (primary N) is 1. The minimum Gasteiger partial charge on any atom is -0.480 e. The first-order chi connectivity index (χ1) is 8.52. The highest BCUT2D eigenvalue weighted by Gasteiger charge is 2.18. The zero-order chi connectivity index (χ0) is 13.5. The molecule has 1 rings (SSSR count). The summed E-state index contributed by atoms with van der Waals surface area (Å²) in [5.41, 5.74) is 7.12. The van der Waals surface area contributed by atoms with Gasteiger partial charge >= 0.3 is 5.97 Å². The number of hydrogen-bond donors (Lipinski definition) is 4. The van der Waals surface area contributed by atoms with Gasteiger partial charge in [-0.25, -0.2) is 4.79 Å². The maximum atomic E-state index is 11.4. The number of hydrogen-bond acceptors (Lipinski definition) is 4. The quantitative estimate of drug-likeness (QED) is 0.522. The van der Waals surface area contributed by atoms with E-state index in [1.165, 1.54) is 0 Å². The Hall–Kier alpha value is -2.08. The third-order valence-electron chi connectivity index (χ3n) is 2.44. The maximum Gasteiger partial charge on any atom is 0.328 e. The Bertz CT molecular complexity index is 417. The number of benzene rings is 1. The van der Waals surface area contributed by atoms with Crippen LogP contribution in [0.25, 0.3) is 0 Å². The number of amides is 1. The fraction of sp³-hybridized carbons (Fsp3) is 0.333. The Labute approximate surface area is 104 Å². The molecule has 0 aliphatic heterocycles. The topological polar surface area (TPSA) is 113 Å². The molecule has 0 fully saturated rings. The zero-order valence-electron chi connectivity index (χ0n) is 9.80. The van der Waals surface area contributed by atoms with E-state index < -0.39 is 24.5 Å². The average Bonchev–Trinajstić information content (AvgIpc) is 2.35. The average molecular weight is 252 g/mol. The van der Waals surface area contributed by atoms with E-state index >= 15 is 0 Å². The van der Waals surface area contributed by atoms with Gasteiger partial charge in [-0.1, -0.05) is 12.1 Å². The van der Waals surface area contributed by atoms with Crippen LogP contribution in [-0.2, 0) is 16.0 Å². The largest absolute Gasteiger partial charge is 0.480 e. The standard InChI is InChI=1S/C12H16N2O4/c13-9-4-1-8(2-5-9)3-6-11(16)14-10(7-15)12(17)18/h1-2,4-5,10,15H,3,6-7,13H2,(H,14,16)(H,17,18)/t10-/m1/s1. The molecule has 0 saturated heterocycles. The second-order valence-corrected chi connectivity index (χ2v) is 3.88. The van der Waals surface area contributed by atoms with Crippen molar-refractivity contribution in [1.29, 1.82) is 0 Å². The van der Waals surface area contributed by atoms with Crippen LogP contribution < -0.4 is 11.1 Å². The highest BCUT2D eigenvalue weighted by Crippen LogP contribution is 2.07. The number of carbonyl (C=O) groups excluding carboxylic acids is 1. The number of carboxylic acid groups (broad SMARTS) is 1. The third kappa shape index (κ3) is 4.42. The van der Waals surface area contributed by atoms with Crippen LogP contribution in [0.3, 0.4) is 0 Å². The molecule has 0 aliphatic carbocycles. The molecule has 5 N–H and O–H groups in total. The van der Waals surface area contributed by atoms with Crippen molar-refractivity contribution in [1.82, 2.24) is 5.32 Å². The van der Waals surface area contributed by atoms with Gasteiger partial charge in [0.15, 0.2) is 0 Å². The second kappa shape index (κ2) is 6.61. The van der Waals surface area contributed by atoms with Crippen molar-refractivity contribution in [3.8, 4) is 0 Å². The number of carboxylic acids is 1. The van der Waals surface area contributed by atoms with Gasteiger partial charge < -0.3 is 21.3 Å². The molecular formula is C12H16N2O4. The van der Waals surface area contributed by atoms with E-state index in [4.69, 9.17) is 15.9 Å². The van der Waals surface area contributed by atoms with Gasteiger partial charge in [0, 0.05) is 12.1 Å². The van der Waals surface area contributed by atoms with Gasteiger partial charge in [-0.2, -0.15) is 0 Å². The van der Waals surface area contributed by atoms with Crippen LogP contribution in [-0.4, -0.2) is 34.7 Å². The fourth-order valence-corrected chi connectivity index (χ4v) is 1.39. The van der Waals surface area contributed by atoms with E-state index in [9.17, 15) is 9.59 Å². The minimum atomic E-state index is -1.25. The number of nitrogen functional groups attached to an aromatic ring is 1. The molecule has 1 aromatic carbocycles. The Balaban J connectivity index is 2.41. The van der Waals surface area contributed by atoms with E-state index in [2.05, 4.69) is 5.32 Å². The monoisotopic (exact) mass is 252 g/mol. The number of nitrogens with one attached hydrogen (secondary N) is 1. The fourth-order valence-electron chi connectivity index (χ4n) is 1.39. The summed E-state index contributed by atoms with van der Waals surface area (Å²) in [5, 5.41) is 19.6. The number of rotatable bonds is 6. The van der Waals surface area contributed by atoms with Crippen LogP contribution in [0.15, 0.2) is 24.3 Å². The van der Waals surface area contributed by atoms with E-state index in [1.54, 1.807) is 12.1 Å². The van der Waals surface area contributed by atoms with Crippen molar-refractivity contribution in [3.63, 3.8) is 0 Å². The van der Waals surface area contributed by atoms with Crippen molar-refractivity contribution < 1.29 is 19.8 Å². The maximum absolute atomic E-state index is 11.4. The predicted octanol–water partition coefficient (Wildman–Crippen LogP) is -0.237.